The maximum absolute atomic E-state index is 11.8. The van der Waals surface area contributed by atoms with Crippen LogP contribution in [0.25, 0.3) is 10.9 Å². The summed E-state index contributed by atoms with van der Waals surface area (Å²) in [4.78, 5) is 16.1. The van der Waals surface area contributed by atoms with Crippen LogP contribution in [-0.4, -0.2) is 17.6 Å². The average molecular weight is 264 g/mol. The van der Waals surface area contributed by atoms with Crippen molar-refractivity contribution in [3.8, 4) is 0 Å². The van der Waals surface area contributed by atoms with Gasteiger partial charge in [-0.1, -0.05) is 23.2 Å². The largest absolute Gasteiger partial charge is 0.461 e. The van der Waals surface area contributed by atoms with Gasteiger partial charge in [-0.3, -0.25) is 0 Å². The van der Waals surface area contributed by atoms with E-state index < -0.39 is 5.97 Å². The van der Waals surface area contributed by atoms with E-state index in [1.54, 1.807) is 13.8 Å². The number of aryl methyl sites for hydroxylation is 1. The molecule has 1 aromatic carbocycles. The van der Waals surface area contributed by atoms with E-state index in [1.165, 1.54) is 0 Å². The van der Waals surface area contributed by atoms with Gasteiger partial charge in [-0.2, -0.15) is 0 Å². The molecule has 0 saturated heterocycles. The molecule has 0 bridgehead atoms. The molecule has 0 aliphatic rings. The van der Waals surface area contributed by atoms with E-state index in [1.807, 2.05) is 25.1 Å². The van der Waals surface area contributed by atoms with Gasteiger partial charge in [0.05, 0.1) is 17.1 Å². The van der Waals surface area contributed by atoms with Crippen LogP contribution in [0.2, 0.25) is 5.02 Å². The van der Waals surface area contributed by atoms with E-state index in [0.29, 0.717) is 28.4 Å². The first-order valence-electron chi connectivity index (χ1n) is 5.78. The summed E-state index contributed by atoms with van der Waals surface area (Å²) in [5.74, 6) is -0.431. The molecule has 1 aromatic heterocycles. The van der Waals surface area contributed by atoms with Gasteiger partial charge in [0.1, 0.15) is 0 Å². The minimum absolute atomic E-state index is 0.290. The SMILES string of the molecule is CCOC(=O)c1nc2ccc(C)cc2c(Cl)c1C. The lowest BCUT2D eigenvalue weighted by Gasteiger charge is -2.09. The molecule has 94 valence electrons. The van der Waals surface area contributed by atoms with E-state index in [0.717, 1.165) is 10.9 Å². The molecular weight excluding hydrogens is 250 g/mol. The highest BCUT2D eigenvalue weighted by atomic mass is 35.5. The van der Waals surface area contributed by atoms with Crippen molar-refractivity contribution in [1.29, 1.82) is 0 Å². The van der Waals surface area contributed by atoms with Gasteiger partial charge in [-0.25, -0.2) is 9.78 Å². The molecule has 2 aromatic rings. The lowest BCUT2D eigenvalue weighted by molar-refractivity contribution is 0.0519. The number of pyridine rings is 1. The summed E-state index contributed by atoms with van der Waals surface area (Å²) < 4.78 is 4.98. The number of benzene rings is 1. The number of ether oxygens (including phenoxy) is 1. The Kier molecular flexibility index (Phi) is 3.53. The number of rotatable bonds is 2. The zero-order valence-electron chi connectivity index (χ0n) is 10.6. The van der Waals surface area contributed by atoms with Crippen molar-refractivity contribution in [3.63, 3.8) is 0 Å². The highest BCUT2D eigenvalue weighted by molar-refractivity contribution is 6.36. The van der Waals surface area contributed by atoms with Crippen LogP contribution in [-0.2, 0) is 4.74 Å². The first-order valence-corrected chi connectivity index (χ1v) is 6.16. The van der Waals surface area contributed by atoms with Crippen LogP contribution in [0.3, 0.4) is 0 Å². The summed E-state index contributed by atoms with van der Waals surface area (Å²) in [5.41, 5.74) is 2.76. The predicted molar refractivity (Wildman–Crippen MR) is 72.2 cm³/mol. The number of hydrogen-bond acceptors (Lipinski definition) is 3. The topological polar surface area (TPSA) is 39.2 Å². The number of carbonyl (C=O) groups excluding carboxylic acids is 1. The zero-order chi connectivity index (χ0) is 13.3. The molecule has 1 heterocycles. The second-order valence-corrected chi connectivity index (χ2v) is 4.52. The van der Waals surface area contributed by atoms with Gasteiger partial charge in [0, 0.05) is 10.9 Å². The molecule has 0 saturated carbocycles. The van der Waals surface area contributed by atoms with Crippen LogP contribution < -0.4 is 0 Å². The highest BCUT2D eigenvalue weighted by Gasteiger charge is 2.17. The summed E-state index contributed by atoms with van der Waals surface area (Å²) in [5, 5.41) is 1.42. The molecule has 0 spiro atoms. The van der Waals surface area contributed by atoms with Gasteiger partial charge >= 0.3 is 5.97 Å². The molecule has 0 aliphatic heterocycles. The Hall–Kier alpha value is -1.61. The van der Waals surface area contributed by atoms with Crippen LogP contribution in [0.15, 0.2) is 18.2 Å². The minimum Gasteiger partial charge on any atom is -0.461 e. The van der Waals surface area contributed by atoms with E-state index in [-0.39, 0.29) is 0 Å². The van der Waals surface area contributed by atoms with Crippen LogP contribution in [0.5, 0.6) is 0 Å². The fourth-order valence-corrected chi connectivity index (χ4v) is 2.07. The third-order valence-electron chi connectivity index (χ3n) is 2.77. The molecular formula is C14H14ClNO2. The standard InChI is InChI=1S/C14H14ClNO2/c1-4-18-14(17)13-9(3)12(15)10-7-8(2)5-6-11(10)16-13/h5-7H,4H2,1-3H3. The molecule has 3 nitrogen and oxygen atoms in total. The van der Waals surface area contributed by atoms with Crippen molar-refractivity contribution in [1.82, 2.24) is 4.98 Å². The molecule has 0 radical (unpaired) electrons. The Labute approximate surface area is 111 Å². The first kappa shape index (κ1) is 12.8. The molecule has 0 aliphatic carbocycles. The lowest BCUT2D eigenvalue weighted by atomic mass is 10.1. The zero-order valence-corrected chi connectivity index (χ0v) is 11.3. The Morgan fingerprint density at radius 2 is 2.11 bits per heavy atom. The van der Waals surface area contributed by atoms with Crippen LogP contribution in [0.1, 0.15) is 28.5 Å². The Balaban J connectivity index is 2.67. The Morgan fingerprint density at radius 3 is 2.78 bits per heavy atom. The summed E-state index contributed by atoms with van der Waals surface area (Å²) >= 11 is 6.30. The number of halogens is 1. The lowest BCUT2D eigenvalue weighted by Crippen LogP contribution is -2.10. The molecule has 2 rings (SSSR count). The van der Waals surface area contributed by atoms with Crippen LogP contribution >= 0.6 is 11.6 Å². The van der Waals surface area contributed by atoms with Gasteiger partial charge < -0.3 is 4.74 Å². The summed E-state index contributed by atoms with van der Waals surface area (Å²) in [6.45, 7) is 5.86. The van der Waals surface area contributed by atoms with Crippen molar-refractivity contribution in [2.24, 2.45) is 0 Å². The Morgan fingerprint density at radius 1 is 1.39 bits per heavy atom. The van der Waals surface area contributed by atoms with E-state index in [4.69, 9.17) is 16.3 Å². The first-order chi connectivity index (χ1) is 8.54. The van der Waals surface area contributed by atoms with Gasteiger partial charge in [0.25, 0.3) is 0 Å². The summed E-state index contributed by atoms with van der Waals surface area (Å²) in [6.07, 6.45) is 0. The number of esters is 1. The van der Waals surface area contributed by atoms with E-state index >= 15 is 0 Å². The predicted octanol–water partition coefficient (Wildman–Crippen LogP) is 3.68. The quantitative estimate of drug-likeness (QED) is 0.776. The van der Waals surface area contributed by atoms with Gasteiger partial charge in [0.15, 0.2) is 5.69 Å². The van der Waals surface area contributed by atoms with Gasteiger partial charge in [0.2, 0.25) is 0 Å². The Bertz CT molecular complexity index is 623. The van der Waals surface area contributed by atoms with Crippen LogP contribution in [0.4, 0.5) is 0 Å². The van der Waals surface area contributed by atoms with Gasteiger partial charge in [-0.15, -0.1) is 0 Å². The third-order valence-corrected chi connectivity index (χ3v) is 3.26. The van der Waals surface area contributed by atoms with Crippen molar-refractivity contribution >= 4 is 28.5 Å². The molecule has 0 amide bonds. The van der Waals surface area contributed by atoms with Crippen molar-refractivity contribution in [2.75, 3.05) is 6.61 Å². The third kappa shape index (κ3) is 2.18. The monoisotopic (exact) mass is 263 g/mol. The second kappa shape index (κ2) is 4.94. The van der Waals surface area contributed by atoms with Gasteiger partial charge in [-0.05, 0) is 32.9 Å². The van der Waals surface area contributed by atoms with Crippen molar-refractivity contribution in [3.05, 3.63) is 40.0 Å². The van der Waals surface area contributed by atoms with Crippen molar-refractivity contribution < 1.29 is 9.53 Å². The minimum atomic E-state index is -0.431. The molecule has 0 N–H and O–H groups in total. The summed E-state index contributed by atoms with van der Waals surface area (Å²) in [7, 11) is 0. The molecule has 0 fully saturated rings. The normalized spacial score (nSPS) is 10.7. The summed E-state index contributed by atoms with van der Waals surface area (Å²) in [6, 6.07) is 5.77. The van der Waals surface area contributed by atoms with Crippen molar-refractivity contribution in [2.45, 2.75) is 20.8 Å². The average Bonchev–Trinajstić information content (AvgIpc) is 2.34. The maximum Gasteiger partial charge on any atom is 0.357 e. The number of fused-ring (bicyclic) bond motifs is 1. The molecule has 0 unspecified atom stereocenters. The number of hydrogen-bond donors (Lipinski definition) is 0. The number of aromatic nitrogens is 1. The fraction of sp³-hybridized carbons (Fsp3) is 0.286. The van der Waals surface area contributed by atoms with E-state index in [2.05, 4.69) is 4.98 Å². The molecule has 0 atom stereocenters. The van der Waals surface area contributed by atoms with E-state index in [9.17, 15) is 4.79 Å². The highest BCUT2D eigenvalue weighted by Crippen LogP contribution is 2.28. The second-order valence-electron chi connectivity index (χ2n) is 4.14. The number of nitrogens with zero attached hydrogens (tertiary/aromatic N) is 1. The van der Waals surface area contributed by atoms with Crippen LogP contribution in [0, 0.1) is 13.8 Å². The molecule has 18 heavy (non-hydrogen) atoms. The maximum atomic E-state index is 11.8. The number of carbonyl (C=O) groups is 1. The molecule has 4 heteroatoms. The fourth-order valence-electron chi connectivity index (χ4n) is 1.83. The smallest absolute Gasteiger partial charge is 0.357 e.